The maximum Gasteiger partial charge on any atom is 0.239 e. The van der Waals surface area contributed by atoms with E-state index in [1.165, 1.54) is 0 Å². The molecule has 0 unspecified atom stereocenters. The van der Waals surface area contributed by atoms with Gasteiger partial charge in [-0.25, -0.2) is 0 Å². The Labute approximate surface area is 141 Å². The molecule has 0 aliphatic carbocycles. The molecule has 2 heterocycles. The molecule has 2 N–H and O–H groups in total. The molecule has 2 aromatic rings. The Bertz CT molecular complexity index is 629. The van der Waals surface area contributed by atoms with Crippen LogP contribution in [0, 0.1) is 0 Å². The van der Waals surface area contributed by atoms with Crippen LogP contribution >= 0.6 is 24.8 Å². The van der Waals surface area contributed by atoms with Crippen LogP contribution in [0.4, 0.5) is 0 Å². The summed E-state index contributed by atoms with van der Waals surface area (Å²) in [7, 11) is 0. The van der Waals surface area contributed by atoms with Crippen molar-refractivity contribution < 1.29 is 4.79 Å². The largest absolute Gasteiger partial charge is 0.332 e. The minimum atomic E-state index is -0.474. The van der Waals surface area contributed by atoms with E-state index in [9.17, 15) is 4.79 Å². The summed E-state index contributed by atoms with van der Waals surface area (Å²) in [6.45, 7) is 3.52. The van der Waals surface area contributed by atoms with Crippen LogP contribution in [0.25, 0.3) is 11.4 Å². The summed E-state index contributed by atoms with van der Waals surface area (Å²) in [6.07, 6.45) is 0. The lowest BCUT2D eigenvalue weighted by molar-refractivity contribution is -0.133. The fourth-order valence-corrected chi connectivity index (χ4v) is 2.43. The Balaban J connectivity index is 0.00000121. The van der Waals surface area contributed by atoms with Crippen molar-refractivity contribution in [3.63, 3.8) is 0 Å². The van der Waals surface area contributed by atoms with Crippen LogP contribution in [0.5, 0.6) is 0 Å². The number of carbonyl (C=O) groups excluding carboxylic acids is 1. The highest BCUT2D eigenvalue weighted by molar-refractivity contribution is 5.85. The first-order valence-corrected chi connectivity index (χ1v) is 6.68. The van der Waals surface area contributed by atoms with Crippen LogP contribution in [0.2, 0.25) is 0 Å². The first-order chi connectivity index (χ1) is 9.66. The van der Waals surface area contributed by atoms with Gasteiger partial charge in [0.1, 0.15) is 0 Å². The molecule has 22 heavy (non-hydrogen) atoms. The van der Waals surface area contributed by atoms with Gasteiger partial charge in [-0.05, 0) is 6.92 Å². The van der Waals surface area contributed by atoms with E-state index in [1.54, 1.807) is 11.8 Å². The molecule has 8 heteroatoms. The van der Waals surface area contributed by atoms with Crippen molar-refractivity contribution in [3.05, 3.63) is 36.2 Å². The molecule has 1 aliphatic rings. The second kappa shape index (κ2) is 7.58. The smallest absolute Gasteiger partial charge is 0.239 e. The first kappa shape index (κ1) is 18.4. The third-order valence-electron chi connectivity index (χ3n) is 3.49. The Hall–Kier alpha value is -1.63. The third-order valence-corrected chi connectivity index (χ3v) is 3.49. The van der Waals surface area contributed by atoms with Crippen molar-refractivity contribution in [2.45, 2.75) is 26.1 Å². The van der Waals surface area contributed by atoms with Gasteiger partial charge in [-0.2, -0.15) is 0 Å². The van der Waals surface area contributed by atoms with Gasteiger partial charge in [-0.3, -0.25) is 4.79 Å². The normalized spacial score (nSPS) is 14.4. The Morgan fingerprint density at radius 2 is 1.86 bits per heavy atom. The average Bonchev–Trinajstić information content (AvgIpc) is 2.90. The van der Waals surface area contributed by atoms with Gasteiger partial charge in [-0.1, -0.05) is 30.3 Å². The quantitative estimate of drug-likeness (QED) is 0.895. The first-order valence-electron chi connectivity index (χ1n) is 6.68. The van der Waals surface area contributed by atoms with Crippen molar-refractivity contribution in [1.82, 2.24) is 19.7 Å². The van der Waals surface area contributed by atoms with Crippen molar-refractivity contribution in [2.75, 3.05) is 6.54 Å². The molecule has 1 atom stereocenters. The molecule has 6 nitrogen and oxygen atoms in total. The van der Waals surface area contributed by atoms with Crippen LogP contribution in [-0.2, 0) is 17.9 Å². The van der Waals surface area contributed by atoms with E-state index in [-0.39, 0.29) is 30.7 Å². The fourth-order valence-electron chi connectivity index (χ4n) is 2.43. The number of nitrogens with zero attached hydrogens (tertiary/aromatic N) is 4. The van der Waals surface area contributed by atoms with E-state index in [0.29, 0.717) is 19.6 Å². The van der Waals surface area contributed by atoms with Crippen molar-refractivity contribution in [2.24, 2.45) is 5.73 Å². The number of amides is 1. The summed E-state index contributed by atoms with van der Waals surface area (Å²) < 4.78 is 2.07. The summed E-state index contributed by atoms with van der Waals surface area (Å²) in [5, 5.41) is 8.45. The number of hydrogen-bond acceptors (Lipinski definition) is 4. The van der Waals surface area contributed by atoms with Crippen molar-refractivity contribution >= 4 is 30.7 Å². The summed E-state index contributed by atoms with van der Waals surface area (Å²) in [6, 6.07) is 9.48. The zero-order chi connectivity index (χ0) is 14.1. The molecule has 0 spiro atoms. The minimum absolute atomic E-state index is 0. The monoisotopic (exact) mass is 343 g/mol. The molecule has 0 fully saturated rings. The van der Waals surface area contributed by atoms with Crippen molar-refractivity contribution in [1.29, 1.82) is 0 Å². The average molecular weight is 344 g/mol. The second-order valence-electron chi connectivity index (χ2n) is 5.01. The number of hydrogen-bond donors (Lipinski definition) is 1. The standard InChI is InChI=1S/C14H17N5O.2ClH/c1-10(15)14(20)18-7-8-19-12(9-18)16-17-13(19)11-5-3-2-4-6-11;;/h2-6,10H,7-9,15H2,1H3;2*1H/t10-;;/m1../s1. The van der Waals surface area contributed by atoms with Gasteiger partial charge in [0.05, 0.1) is 12.6 Å². The Morgan fingerprint density at radius 1 is 1.18 bits per heavy atom. The predicted octanol–water partition coefficient (Wildman–Crippen LogP) is 1.48. The van der Waals surface area contributed by atoms with E-state index in [4.69, 9.17) is 5.73 Å². The molecule has 0 radical (unpaired) electrons. The Morgan fingerprint density at radius 3 is 2.50 bits per heavy atom. The van der Waals surface area contributed by atoms with Crippen LogP contribution < -0.4 is 5.73 Å². The molecule has 0 saturated carbocycles. The number of benzene rings is 1. The molecule has 1 aliphatic heterocycles. The van der Waals surface area contributed by atoms with Gasteiger partial charge in [-0.15, -0.1) is 35.0 Å². The molecule has 120 valence electrons. The molecule has 1 aromatic heterocycles. The number of nitrogens with two attached hydrogens (primary N) is 1. The van der Waals surface area contributed by atoms with Crippen LogP contribution in [0.3, 0.4) is 0 Å². The molecule has 1 amide bonds. The lowest BCUT2D eigenvalue weighted by Gasteiger charge is -2.29. The van der Waals surface area contributed by atoms with Gasteiger partial charge in [0.25, 0.3) is 0 Å². The van der Waals surface area contributed by atoms with Gasteiger partial charge in [0.15, 0.2) is 11.6 Å². The molecule has 0 bridgehead atoms. The SMILES string of the molecule is C[C@@H](N)C(=O)N1CCn2c(nnc2-c2ccccc2)C1.Cl.Cl. The summed E-state index contributed by atoms with van der Waals surface area (Å²) in [5.74, 6) is 1.62. The van der Waals surface area contributed by atoms with Crippen LogP contribution in [-0.4, -0.2) is 38.2 Å². The highest BCUT2D eigenvalue weighted by Crippen LogP contribution is 2.21. The highest BCUT2D eigenvalue weighted by atomic mass is 35.5. The summed E-state index contributed by atoms with van der Waals surface area (Å²) in [5.41, 5.74) is 6.69. The lowest BCUT2D eigenvalue weighted by atomic mass is 10.2. The topological polar surface area (TPSA) is 77.0 Å². The van der Waals surface area contributed by atoms with Gasteiger partial charge in [0, 0.05) is 18.7 Å². The van der Waals surface area contributed by atoms with E-state index < -0.39 is 6.04 Å². The predicted molar refractivity (Wildman–Crippen MR) is 89.0 cm³/mol. The van der Waals surface area contributed by atoms with Gasteiger partial charge >= 0.3 is 0 Å². The van der Waals surface area contributed by atoms with E-state index in [0.717, 1.165) is 17.2 Å². The number of fused-ring (bicyclic) bond motifs is 1. The summed E-state index contributed by atoms with van der Waals surface area (Å²) in [4.78, 5) is 13.7. The fraction of sp³-hybridized carbons (Fsp3) is 0.357. The lowest BCUT2D eigenvalue weighted by Crippen LogP contribution is -2.45. The maximum absolute atomic E-state index is 11.9. The number of halogens is 2. The molecule has 1 aromatic carbocycles. The van der Waals surface area contributed by atoms with E-state index in [1.807, 2.05) is 30.3 Å². The van der Waals surface area contributed by atoms with Gasteiger partial charge in [0.2, 0.25) is 5.91 Å². The zero-order valence-corrected chi connectivity index (χ0v) is 13.8. The molecule has 0 saturated heterocycles. The maximum atomic E-state index is 11.9. The number of rotatable bonds is 2. The summed E-state index contributed by atoms with van der Waals surface area (Å²) >= 11 is 0. The minimum Gasteiger partial charge on any atom is -0.332 e. The second-order valence-corrected chi connectivity index (χ2v) is 5.01. The molecule has 3 rings (SSSR count). The Kier molecular flexibility index (Phi) is 6.34. The number of aromatic nitrogens is 3. The third kappa shape index (κ3) is 3.40. The molecular formula is C14H19Cl2N5O. The van der Waals surface area contributed by atoms with E-state index in [2.05, 4.69) is 14.8 Å². The number of carbonyl (C=O) groups is 1. The van der Waals surface area contributed by atoms with Gasteiger partial charge < -0.3 is 15.2 Å². The highest BCUT2D eigenvalue weighted by Gasteiger charge is 2.26. The van der Waals surface area contributed by atoms with Crippen molar-refractivity contribution in [3.8, 4) is 11.4 Å². The zero-order valence-electron chi connectivity index (χ0n) is 12.2. The van der Waals surface area contributed by atoms with E-state index >= 15 is 0 Å². The van der Waals surface area contributed by atoms with Crippen LogP contribution in [0.1, 0.15) is 12.7 Å². The van der Waals surface area contributed by atoms with Crippen LogP contribution in [0.15, 0.2) is 30.3 Å². The molecular weight excluding hydrogens is 325 g/mol.